The van der Waals surface area contributed by atoms with Crippen molar-refractivity contribution < 1.29 is 8.50 Å². The van der Waals surface area contributed by atoms with Crippen molar-refractivity contribution >= 4 is 20.0 Å². The van der Waals surface area contributed by atoms with Gasteiger partial charge in [-0.3, -0.25) is 0 Å². The average molecular weight is 171 g/mol. The molecule has 0 radical (unpaired) electrons. The minimum atomic E-state index is -2.62. The molecule has 0 amide bonds. The maximum atomic E-state index is 12.6. The molecule has 0 saturated carbocycles. The fourth-order valence-electron chi connectivity index (χ4n) is 0.320. The van der Waals surface area contributed by atoms with Gasteiger partial charge in [0, 0.05) is 0 Å². The molecule has 4 heteroatoms. The van der Waals surface area contributed by atoms with Gasteiger partial charge in [0.25, 0.3) is 0 Å². The lowest BCUT2D eigenvalue weighted by Gasteiger charge is -2.04. The Balaban J connectivity index is 3.64. The summed E-state index contributed by atoms with van der Waals surface area (Å²) in [7, 11) is -2.62. The molecule has 0 saturated heterocycles. The normalized spacial score (nSPS) is 14.1. The van der Waals surface area contributed by atoms with E-state index < -0.39 is 13.7 Å². The summed E-state index contributed by atoms with van der Waals surface area (Å²) in [4.78, 5) is 0. The van der Waals surface area contributed by atoms with Crippen LogP contribution >= 0.6 is 11.6 Å². The molecule has 0 unspecified atom stereocenters. The largest absolute Gasteiger partial charge is 0.314 e. The Kier molecular flexibility index (Phi) is 3.36. The van der Waals surface area contributed by atoms with Gasteiger partial charge in [0.2, 0.25) is 8.41 Å². The highest BCUT2D eigenvalue weighted by atomic mass is 35.5. The van der Waals surface area contributed by atoms with Gasteiger partial charge in [-0.1, -0.05) is 11.6 Å². The second-order valence-corrected chi connectivity index (χ2v) is 6.62. The Morgan fingerprint density at radius 1 is 1.67 bits per heavy atom. The van der Waals surface area contributed by atoms with Gasteiger partial charge >= 0.3 is 0 Å². The van der Waals surface area contributed by atoms with Crippen LogP contribution in [0.3, 0.4) is 0 Å². The molecule has 0 aliphatic carbocycles. The van der Waals surface area contributed by atoms with Crippen molar-refractivity contribution in [3.8, 4) is 0 Å². The summed E-state index contributed by atoms with van der Waals surface area (Å²) in [6, 6.07) is 0.155. The molecule has 54 valence electrons. The summed E-state index contributed by atoms with van der Waals surface area (Å²) >= 11 is 4.83. The standard InChI is InChI=1S/C5H9ClF2Si/c1-9(2,8)4-3-5(6)7/h3H,4H2,1-2H3. The van der Waals surface area contributed by atoms with Gasteiger partial charge in [-0.05, 0) is 25.2 Å². The summed E-state index contributed by atoms with van der Waals surface area (Å²) in [5.41, 5.74) is 0. The molecule has 9 heavy (non-hydrogen) atoms. The van der Waals surface area contributed by atoms with E-state index in [-0.39, 0.29) is 6.04 Å². The van der Waals surface area contributed by atoms with Crippen molar-refractivity contribution in [3.05, 3.63) is 11.4 Å². The highest BCUT2D eigenvalue weighted by molar-refractivity contribution is 6.71. The van der Waals surface area contributed by atoms with Crippen LogP contribution in [-0.4, -0.2) is 8.41 Å². The van der Waals surface area contributed by atoms with E-state index in [1.165, 1.54) is 13.1 Å². The molecule has 0 nitrogen and oxygen atoms in total. The third kappa shape index (κ3) is 8.11. The van der Waals surface area contributed by atoms with Crippen molar-refractivity contribution in [2.45, 2.75) is 19.1 Å². The molecular formula is C5H9ClF2Si. The van der Waals surface area contributed by atoms with Gasteiger partial charge in [-0.15, -0.1) is 0 Å². The summed E-state index contributed by atoms with van der Waals surface area (Å²) in [5, 5.41) is -0.812. The zero-order valence-electron chi connectivity index (χ0n) is 5.42. The quantitative estimate of drug-likeness (QED) is 0.441. The van der Waals surface area contributed by atoms with E-state index in [4.69, 9.17) is 11.6 Å². The summed E-state index contributed by atoms with van der Waals surface area (Å²) in [6.07, 6.45) is 1.08. The maximum absolute atomic E-state index is 12.6. The Labute approximate surface area is 59.7 Å². The predicted octanol–water partition coefficient (Wildman–Crippen LogP) is 3.21. The van der Waals surface area contributed by atoms with Crippen LogP contribution in [0.15, 0.2) is 11.4 Å². The predicted molar refractivity (Wildman–Crippen MR) is 38.4 cm³/mol. The smallest absolute Gasteiger partial charge is 0.244 e. The molecule has 0 bridgehead atoms. The molecule has 0 atom stereocenters. The topological polar surface area (TPSA) is 0 Å². The van der Waals surface area contributed by atoms with Crippen molar-refractivity contribution in [1.82, 2.24) is 0 Å². The van der Waals surface area contributed by atoms with Gasteiger partial charge in [0.15, 0.2) is 5.29 Å². The number of rotatable bonds is 2. The monoisotopic (exact) mass is 170 g/mol. The van der Waals surface area contributed by atoms with Crippen LogP contribution in [0.2, 0.25) is 19.1 Å². The lowest BCUT2D eigenvalue weighted by Crippen LogP contribution is -2.15. The average Bonchev–Trinajstić information content (AvgIpc) is 1.59. The third-order valence-electron chi connectivity index (χ3n) is 0.742. The lowest BCUT2D eigenvalue weighted by atomic mass is 10.7. The Hall–Kier alpha value is 0.107. The molecule has 0 aliphatic rings. The van der Waals surface area contributed by atoms with Crippen molar-refractivity contribution in [2.75, 3.05) is 0 Å². The van der Waals surface area contributed by atoms with Gasteiger partial charge in [0.05, 0.1) is 0 Å². The van der Waals surface area contributed by atoms with Gasteiger partial charge in [-0.25, -0.2) is 0 Å². The minimum Gasteiger partial charge on any atom is -0.314 e. The Morgan fingerprint density at radius 2 is 2.11 bits per heavy atom. The second kappa shape index (κ2) is 3.32. The Morgan fingerprint density at radius 3 is 2.22 bits per heavy atom. The maximum Gasteiger partial charge on any atom is 0.244 e. The van der Waals surface area contributed by atoms with Crippen LogP contribution in [0, 0.1) is 0 Å². The number of hydrogen-bond acceptors (Lipinski definition) is 0. The van der Waals surface area contributed by atoms with E-state index in [0.717, 1.165) is 6.08 Å². The van der Waals surface area contributed by atoms with E-state index in [1.807, 2.05) is 0 Å². The molecule has 0 N–H and O–H groups in total. The highest BCUT2D eigenvalue weighted by Gasteiger charge is 2.17. The van der Waals surface area contributed by atoms with Crippen LogP contribution in [0.1, 0.15) is 0 Å². The number of allylic oxidation sites excluding steroid dienone is 1. The molecule has 0 aliphatic heterocycles. The molecule has 0 spiro atoms. The fourth-order valence-corrected chi connectivity index (χ4v) is 1.19. The first kappa shape index (κ1) is 9.11. The molecular weight excluding hydrogens is 162 g/mol. The number of halogens is 3. The van der Waals surface area contributed by atoms with Crippen LogP contribution in [0.4, 0.5) is 8.50 Å². The fraction of sp³-hybridized carbons (Fsp3) is 0.600. The molecule has 0 heterocycles. The molecule has 0 fully saturated rings. The molecule has 0 aromatic rings. The van der Waals surface area contributed by atoms with Crippen LogP contribution < -0.4 is 0 Å². The molecule has 0 aromatic heterocycles. The molecule has 0 rings (SSSR count). The zero-order valence-corrected chi connectivity index (χ0v) is 7.17. The van der Waals surface area contributed by atoms with Crippen LogP contribution in [0.25, 0.3) is 0 Å². The summed E-state index contributed by atoms with van der Waals surface area (Å²) in [6.45, 7) is 3.01. The van der Waals surface area contributed by atoms with Crippen molar-refractivity contribution in [1.29, 1.82) is 0 Å². The van der Waals surface area contributed by atoms with Gasteiger partial charge < -0.3 is 4.11 Å². The first-order chi connectivity index (χ1) is 3.92. The SMILES string of the molecule is C[Si](C)(F)CC=C(F)Cl. The van der Waals surface area contributed by atoms with E-state index in [2.05, 4.69) is 0 Å². The lowest BCUT2D eigenvalue weighted by molar-refractivity contribution is 0.690. The number of hydrogen-bond donors (Lipinski definition) is 0. The minimum absolute atomic E-state index is 0.155. The van der Waals surface area contributed by atoms with E-state index >= 15 is 0 Å². The highest BCUT2D eigenvalue weighted by Crippen LogP contribution is 2.14. The van der Waals surface area contributed by atoms with Crippen LogP contribution in [0.5, 0.6) is 0 Å². The molecule has 0 aromatic carbocycles. The van der Waals surface area contributed by atoms with Crippen LogP contribution in [-0.2, 0) is 0 Å². The first-order valence-electron chi connectivity index (χ1n) is 2.62. The van der Waals surface area contributed by atoms with E-state index in [0.29, 0.717) is 0 Å². The van der Waals surface area contributed by atoms with Crippen molar-refractivity contribution in [3.63, 3.8) is 0 Å². The second-order valence-electron chi connectivity index (χ2n) is 2.42. The third-order valence-corrected chi connectivity index (χ3v) is 2.07. The van der Waals surface area contributed by atoms with Gasteiger partial charge in [-0.2, -0.15) is 4.39 Å². The van der Waals surface area contributed by atoms with Crippen molar-refractivity contribution in [2.24, 2.45) is 0 Å². The van der Waals surface area contributed by atoms with Gasteiger partial charge in [0.1, 0.15) is 0 Å². The van der Waals surface area contributed by atoms with E-state index in [1.54, 1.807) is 0 Å². The summed E-state index contributed by atoms with van der Waals surface area (Å²) in [5.74, 6) is 0. The Bertz CT molecular complexity index is 113. The summed E-state index contributed by atoms with van der Waals surface area (Å²) < 4.78 is 24.3. The zero-order chi connectivity index (χ0) is 7.49. The first-order valence-corrected chi connectivity index (χ1v) is 6.08. The van der Waals surface area contributed by atoms with E-state index in [9.17, 15) is 8.50 Å².